The summed E-state index contributed by atoms with van der Waals surface area (Å²) in [6.07, 6.45) is -1.83. The summed E-state index contributed by atoms with van der Waals surface area (Å²) >= 11 is 0. The Labute approximate surface area is 477 Å². The fourth-order valence-corrected chi connectivity index (χ4v) is 8.38. The highest BCUT2D eigenvalue weighted by atomic mass is 19.4. The average Bonchev–Trinajstić information content (AvgIpc) is 4.43. The van der Waals surface area contributed by atoms with Gasteiger partial charge in [0, 0.05) is 78.8 Å². The minimum atomic E-state index is -4.51. The van der Waals surface area contributed by atoms with Crippen molar-refractivity contribution in [3.05, 3.63) is 172 Å². The van der Waals surface area contributed by atoms with Gasteiger partial charge in [0.25, 0.3) is 0 Å². The molecule has 0 spiro atoms. The van der Waals surface area contributed by atoms with E-state index >= 15 is 0 Å². The molecule has 2 saturated carbocycles. The van der Waals surface area contributed by atoms with E-state index in [2.05, 4.69) is 41.2 Å². The van der Waals surface area contributed by atoms with Crippen molar-refractivity contribution in [1.82, 2.24) is 19.9 Å². The molecule has 2 aromatic heterocycles. The Hall–Kier alpha value is -8.88. The van der Waals surface area contributed by atoms with Crippen LogP contribution in [0.5, 0.6) is 23.3 Å². The van der Waals surface area contributed by atoms with Gasteiger partial charge in [0.2, 0.25) is 23.6 Å². The predicted molar refractivity (Wildman–Crippen MR) is 305 cm³/mol. The third-order valence-electron chi connectivity index (χ3n) is 12.7. The number of halogens is 6. The summed E-state index contributed by atoms with van der Waals surface area (Å²) in [4.78, 5) is 65.3. The Morgan fingerprint density at radius 3 is 1.39 bits per heavy atom. The molecule has 2 aliphatic carbocycles. The highest BCUT2D eigenvalue weighted by molar-refractivity contribution is 5.94. The van der Waals surface area contributed by atoms with Gasteiger partial charge in [-0.3, -0.25) is 19.2 Å². The number of nitrogens with zero attached hydrogens (tertiary/aromatic N) is 4. The first-order valence-corrected chi connectivity index (χ1v) is 26.9. The lowest BCUT2D eigenvalue weighted by molar-refractivity contribution is -0.138. The Morgan fingerprint density at radius 1 is 0.530 bits per heavy atom. The van der Waals surface area contributed by atoms with E-state index in [0.29, 0.717) is 58.8 Å². The fourth-order valence-electron chi connectivity index (χ4n) is 8.38. The molecule has 15 nitrogen and oxygen atoms in total. The lowest BCUT2D eigenvalue weighted by Gasteiger charge is -2.15. The van der Waals surface area contributed by atoms with Crippen molar-refractivity contribution >= 4 is 52.1 Å². The maximum absolute atomic E-state index is 13.4. The molecular formula is C62H65F6N9O6. The number of aryl methyl sites for hydroxylation is 2. The number of nitrogen functional groups attached to an aromatic ring is 1. The van der Waals surface area contributed by atoms with Crippen molar-refractivity contribution in [2.45, 2.75) is 117 Å². The van der Waals surface area contributed by atoms with Gasteiger partial charge < -0.3 is 36.5 Å². The molecule has 2 fully saturated rings. The summed E-state index contributed by atoms with van der Waals surface area (Å²) in [5, 5.41) is 11.4. The number of aromatic nitrogens is 4. The fraction of sp³-hybridized carbons (Fsp3) is 0.323. The first kappa shape index (κ1) is 61.7. The highest BCUT2D eigenvalue weighted by Gasteiger charge is 2.33. The number of anilines is 5. The first-order valence-electron chi connectivity index (χ1n) is 26.9. The number of nitrogens with one attached hydrogen (secondary N) is 4. The van der Waals surface area contributed by atoms with Crippen LogP contribution in [0.4, 0.5) is 55.0 Å². The van der Waals surface area contributed by atoms with Gasteiger partial charge in [-0.05, 0) is 161 Å². The molecule has 9 rings (SSSR count). The van der Waals surface area contributed by atoms with Crippen LogP contribution in [0.1, 0.15) is 97.9 Å². The standard InChI is InChI=1S/C28H29F3N4O3.C24H23N3O3.C10H13F3N2/c1-16(2)34-22-10-18(9-21(13-22)28(29,30)31)11-23(36)12-20-6-7-24(8-17(20)3)38-26-14-25(32-15-33-26)35-27(37)19-4-5-19;1-16-11-21(10-9-19(16)13-20(28)12-17-5-3-2-4-6-17)30-23-14-22(25-15-26-23)27-24(29)18-7-8-18;1-6(2)15-9-4-7(10(11,12)13)3-8(14)5-9/h6-10,13-16,19,34H,4-5,11-12H2,1-3H3,(H,32,33,35,37);2-6,9-11,14-15,18H,7-8,12-13H2,1H3,(H,25,26,27,29);3-6,15H,14H2,1-2H3. The van der Waals surface area contributed by atoms with Gasteiger partial charge >= 0.3 is 12.4 Å². The third-order valence-corrected chi connectivity index (χ3v) is 12.7. The van der Waals surface area contributed by atoms with E-state index in [1.165, 1.54) is 24.8 Å². The second kappa shape index (κ2) is 27.7. The maximum atomic E-state index is 13.4. The zero-order valence-electron chi connectivity index (χ0n) is 46.7. The van der Waals surface area contributed by atoms with Gasteiger partial charge in [-0.2, -0.15) is 26.3 Å². The first-order chi connectivity index (χ1) is 39.3. The molecule has 0 bridgehead atoms. The van der Waals surface area contributed by atoms with E-state index < -0.39 is 23.5 Å². The monoisotopic (exact) mass is 1150 g/mol. The normalized spacial score (nSPS) is 12.9. The second-order valence-electron chi connectivity index (χ2n) is 21.0. The van der Waals surface area contributed by atoms with E-state index in [-0.39, 0.29) is 71.7 Å². The van der Waals surface area contributed by atoms with Crippen LogP contribution >= 0.6 is 0 Å². The van der Waals surface area contributed by atoms with Crippen LogP contribution < -0.4 is 36.5 Å². The number of carbonyl (C=O) groups excluding carboxylic acids is 4. The number of benzene rings is 5. The van der Waals surface area contributed by atoms with Gasteiger partial charge in [-0.1, -0.05) is 42.5 Å². The molecule has 436 valence electrons. The number of rotatable bonds is 20. The smallest absolute Gasteiger partial charge is 0.416 e. The Balaban J connectivity index is 0.000000195. The number of Topliss-reactive ketones (excluding diaryl/α,β-unsaturated/α-hetero) is 2. The lowest BCUT2D eigenvalue weighted by Crippen LogP contribution is -2.14. The van der Waals surface area contributed by atoms with Gasteiger partial charge in [0.05, 0.1) is 11.1 Å². The van der Waals surface area contributed by atoms with Crippen LogP contribution in [0.3, 0.4) is 0 Å². The topological polar surface area (TPSA) is 212 Å². The summed E-state index contributed by atoms with van der Waals surface area (Å²) in [6, 6.07) is 30.8. The average molecular weight is 1150 g/mol. The number of ether oxygens (including phenoxy) is 2. The largest absolute Gasteiger partial charge is 0.439 e. The summed E-state index contributed by atoms with van der Waals surface area (Å²) in [5.74, 6) is 2.51. The molecule has 2 aliphatic rings. The zero-order chi connectivity index (χ0) is 60.0. The molecular weight excluding hydrogens is 1080 g/mol. The lowest BCUT2D eigenvalue weighted by atomic mass is 9.98. The third kappa shape index (κ3) is 20.3. The number of carbonyl (C=O) groups is 4. The predicted octanol–water partition coefficient (Wildman–Crippen LogP) is 13.5. The molecule has 5 aromatic carbocycles. The van der Waals surface area contributed by atoms with Gasteiger partial charge in [0.1, 0.15) is 47.4 Å². The van der Waals surface area contributed by atoms with Crippen LogP contribution in [-0.2, 0) is 57.2 Å². The SMILES string of the molecule is CC(C)Nc1cc(N)cc(C(F)(F)F)c1.Cc1cc(Oc2cc(NC(=O)C3CC3)ncn2)ccc1CC(=O)Cc1cc(NC(C)C)cc(C(F)(F)F)c1.Cc1cc(Oc2cc(NC(=O)C3CC3)ncn2)ccc1CC(=O)Cc1ccccc1. The van der Waals surface area contributed by atoms with Crippen LogP contribution in [0, 0.1) is 25.7 Å². The zero-order valence-corrected chi connectivity index (χ0v) is 46.7. The minimum absolute atomic E-state index is 0.0139. The highest BCUT2D eigenvalue weighted by Crippen LogP contribution is 2.36. The molecule has 83 heavy (non-hydrogen) atoms. The molecule has 0 aliphatic heterocycles. The van der Waals surface area contributed by atoms with Crippen molar-refractivity contribution in [3.63, 3.8) is 0 Å². The van der Waals surface area contributed by atoms with Crippen molar-refractivity contribution in [2.75, 3.05) is 27.0 Å². The summed E-state index contributed by atoms with van der Waals surface area (Å²) in [5.41, 5.74) is 9.51. The number of hydrogen-bond donors (Lipinski definition) is 5. The van der Waals surface area contributed by atoms with Crippen molar-refractivity contribution in [1.29, 1.82) is 0 Å². The molecule has 7 aromatic rings. The molecule has 0 unspecified atom stereocenters. The van der Waals surface area contributed by atoms with Gasteiger partial charge in [-0.25, -0.2) is 19.9 Å². The number of alkyl halides is 6. The molecule has 21 heteroatoms. The van der Waals surface area contributed by atoms with E-state index in [1.807, 2.05) is 90.1 Å². The maximum Gasteiger partial charge on any atom is 0.416 e. The summed E-state index contributed by atoms with van der Waals surface area (Å²) in [6.45, 7) is 11.1. The molecule has 0 radical (unpaired) electrons. The molecule has 2 heterocycles. The molecule has 6 N–H and O–H groups in total. The molecule has 0 atom stereocenters. The van der Waals surface area contributed by atoms with E-state index in [1.54, 1.807) is 30.3 Å². The van der Waals surface area contributed by atoms with Crippen LogP contribution in [0.2, 0.25) is 0 Å². The van der Waals surface area contributed by atoms with Gasteiger partial charge in [-0.15, -0.1) is 0 Å². The van der Waals surface area contributed by atoms with Crippen LogP contribution in [0.15, 0.2) is 128 Å². The van der Waals surface area contributed by atoms with E-state index in [4.69, 9.17) is 15.2 Å². The second-order valence-corrected chi connectivity index (χ2v) is 21.0. The van der Waals surface area contributed by atoms with Crippen molar-refractivity contribution < 1.29 is 55.0 Å². The van der Waals surface area contributed by atoms with Gasteiger partial charge in [0.15, 0.2) is 0 Å². The molecule has 0 saturated heterocycles. The quantitative estimate of drug-likeness (QED) is 0.0355. The number of ketones is 2. The Kier molecular flexibility index (Phi) is 20.6. The summed E-state index contributed by atoms with van der Waals surface area (Å²) < 4.78 is 89.0. The van der Waals surface area contributed by atoms with Crippen LogP contribution in [0.25, 0.3) is 0 Å². The number of amides is 2. The Bertz CT molecular complexity index is 3400. The number of nitrogens with two attached hydrogens (primary N) is 1. The molecule has 2 amide bonds. The van der Waals surface area contributed by atoms with Crippen molar-refractivity contribution in [2.24, 2.45) is 11.8 Å². The Morgan fingerprint density at radius 2 is 0.964 bits per heavy atom. The van der Waals surface area contributed by atoms with Crippen LogP contribution in [-0.4, -0.2) is 55.4 Å². The minimum Gasteiger partial charge on any atom is -0.439 e. The van der Waals surface area contributed by atoms with E-state index in [0.717, 1.165) is 77.8 Å². The summed E-state index contributed by atoms with van der Waals surface area (Å²) in [7, 11) is 0. The number of hydrogen-bond acceptors (Lipinski definition) is 13. The van der Waals surface area contributed by atoms with E-state index in [9.17, 15) is 45.5 Å². The van der Waals surface area contributed by atoms with Crippen molar-refractivity contribution in [3.8, 4) is 23.3 Å².